The van der Waals surface area contributed by atoms with E-state index in [4.69, 9.17) is 0 Å². The molecule has 0 aromatic carbocycles. The SMILES string of the molecule is Cc1ccc(CNC(=O)CNC(C)C)s1. The summed E-state index contributed by atoms with van der Waals surface area (Å²) in [5.41, 5.74) is 0. The molecule has 1 rings (SSSR count). The van der Waals surface area contributed by atoms with Crippen LogP contribution in [0.3, 0.4) is 0 Å². The van der Waals surface area contributed by atoms with Crippen molar-refractivity contribution in [3.8, 4) is 0 Å². The van der Waals surface area contributed by atoms with E-state index in [1.807, 2.05) is 13.8 Å². The minimum absolute atomic E-state index is 0.0507. The fourth-order valence-corrected chi connectivity index (χ4v) is 1.96. The molecule has 3 nitrogen and oxygen atoms in total. The van der Waals surface area contributed by atoms with E-state index in [-0.39, 0.29) is 5.91 Å². The van der Waals surface area contributed by atoms with Crippen LogP contribution in [0.25, 0.3) is 0 Å². The lowest BCUT2D eigenvalue weighted by molar-refractivity contribution is -0.120. The van der Waals surface area contributed by atoms with Crippen LogP contribution in [0.1, 0.15) is 23.6 Å². The summed E-state index contributed by atoms with van der Waals surface area (Å²) in [4.78, 5) is 13.8. The van der Waals surface area contributed by atoms with Gasteiger partial charge in [0, 0.05) is 15.8 Å². The quantitative estimate of drug-likeness (QED) is 0.802. The van der Waals surface area contributed by atoms with Gasteiger partial charge in [-0.1, -0.05) is 13.8 Å². The lowest BCUT2D eigenvalue weighted by Gasteiger charge is -2.07. The Kier molecular flexibility index (Phi) is 4.78. The Morgan fingerprint density at radius 2 is 2.20 bits per heavy atom. The topological polar surface area (TPSA) is 41.1 Å². The first-order valence-corrected chi connectivity index (χ1v) is 5.95. The predicted molar refractivity (Wildman–Crippen MR) is 64.0 cm³/mol. The molecule has 1 heterocycles. The van der Waals surface area contributed by atoms with Gasteiger partial charge in [0.05, 0.1) is 13.1 Å². The Bertz CT molecular complexity index is 320. The number of rotatable bonds is 5. The summed E-state index contributed by atoms with van der Waals surface area (Å²) < 4.78 is 0. The first kappa shape index (κ1) is 12.2. The first-order valence-electron chi connectivity index (χ1n) is 5.13. The largest absolute Gasteiger partial charge is 0.350 e. The van der Waals surface area contributed by atoms with Crippen molar-refractivity contribution in [3.63, 3.8) is 0 Å². The molecule has 0 spiro atoms. The predicted octanol–water partition coefficient (Wildman–Crippen LogP) is 1.67. The Hall–Kier alpha value is -0.870. The number of aryl methyl sites for hydroxylation is 1. The third-order valence-electron chi connectivity index (χ3n) is 1.93. The maximum atomic E-state index is 11.4. The van der Waals surface area contributed by atoms with Crippen molar-refractivity contribution in [1.29, 1.82) is 0 Å². The maximum absolute atomic E-state index is 11.4. The highest BCUT2D eigenvalue weighted by Gasteiger charge is 2.02. The second-order valence-electron chi connectivity index (χ2n) is 3.82. The summed E-state index contributed by atoms with van der Waals surface area (Å²) in [5, 5.41) is 5.95. The second kappa shape index (κ2) is 5.88. The first-order chi connectivity index (χ1) is 7.08. The Balaban J connectivity index is 2.22. The van der Waals surface area contributed by atoms with Crippen LogP contribution >= 0.6 is 11.3 Å². The fourth-order valence-electron chi connectivity index (χ4n) is 1.13. The van der Waals surface area contributed by atoms with Crippen LogP contribution in [-0.4, -0.2) is 18.5 Å². The van der Waals surface area contributed by atoms with Crippen LogP contribution < -0.4 is 10.6 Å². The van der Waals surface area contributed by atoms with Gasteiger partial charge in [0.15, 0.2) is 0 Å². The molecule has 84 valence electrons. The zero-order valence-electron chi connectivity index (χ0n) is 9.46. The molecule has 1 amide bonds. The number of nitrogens with one attached hydrogen (secondary N) is 2. The van der Waals surface area contributed by atoms with Crippen LogP contribution in [0.15, 0.2) is 12.1 Å². The number of hydrogen-bond donors (Lipinski definition) is 2. The molecular weight excluding hydrogens is 208 g/mol. The van der Waals surface area contributed by atoms with E-state index in [0.717, 1.165) is 0 Å². The third-order valence-corrected chi connectivity index (χ3v) is 2.93. The molecule has 0 radical (unpaired) electrons. The van der Waals surface area contributed by atoms with Crippen molar-refractivity contribution >= 4 is 17.2 Å². The van der Waals surface area contributed by atoms with Gasteiger partial charge >= 0.3 is 0 Å². The lowest BCUT2D eigenvalue weighted by atomic mass is 10.4. The van der Waals surface area contributed by atoms with Crippen LogP contribution in [0.4, 0.5) is 0 Å². The zero-order chi connectivity index (χ0) is 11.3. The Labute approximate surface area is 94.9 Å². The molecule has 0 saturated heterocycles. The van der Waals surface area contributed by atoms with Gasteiger partial charge in [0.25, 0.3) is 0 Å². The summed E-state index contributed by atoms with van der Waals surface area (Å²) in [6.45, 7) is 7.14. The molecule has 0 aliphatic rings. The Morgan fingerprint density at radius 3 is 2.73 bits per heavy atom. The number of carbonyl (C=O) groups excluding carboxylic acids is 1. The van der Waals surface area contributed by atoms with Gasteiger partial charge in [0.2, 0.25) is 5.91 Å². The molecule has 15 heavy (non-hydrogen) atoms. The molecule has 0 aliphatic heterocycles. The molecule has 0 saturated carbocycles. The van der Waals surface area contributed by atoms with Crippen molar-refractivity contribution in [3.05, 3.63) is 21.9 Å². The van der Waals surface area contributed by atoms with Crippen LogP contribution in [0.5, 0.6) is 0 Å². The standard InChI is InChI=1S/C11H18N2OS/c1-8(2)12-7-11(14)13-6-10-5-4-9(3)15-10/h4-5,8,12H,6-7H2,1-3H3,(H,13,14). The van der Waals surface area contributed by atoms with E-state index in [1.54, 1.807) is 11.3 Å². The van der Waals surface area contributed by atoms with Crippen LogP contribution in [0, 0.1) is 6.92 Å². The highest BCUT2D eigenvalue weighted by atomic mass is 32.1. The molecule has 1 aromatic heterocycles. The summed E-state index contributed by atoms with van der Waals surface area (Å²) >= 11 is 1.72. The van der Waals surface area contributed by atoms with Crippen molar-refractivity contribution in [2.45, 2.75) is 33.4 Å². The number of carbonyl (C=O) groups is 1. The number of thiophene rings is 1. The average Bonchev–Trinajstić information content (AvgIpc) is 2.58. The fraction of sp³-hybridized carbons (Fsp3) is 0.545. The molecule has 1 aromatic rings. The molecule has 4 heteroatoms. The van der Waals surface area contributed by atoms with Crippen LogP contribution in [0.2, 0.25) is 0 Å². The lowest BCUT2D eigenvalue weighted by Crippen LogP contribution is -2.36. The Morgan fingerprint density at radius 1 is 1.47 bits per heavy atom. The maximum Gasteiger partial charge on any atom is 0.234 e. The number of amides is 1. The number of hydrogen-bond acceptors (Lipinski definition) is 3. The highest BCUT2D eigenvalue weighted by Crippen LogP contribution is 2.14. The third kappa shape index (κ3) is 4.95. The summed E-state index contributed by atoms with van der Waals surface area (Å²) in [7, 11) is 0. The molecule has 0 aliphatic carbocycles. The molecular formula is C11H18N2OS. The summed E-state index contributed by atoms with van der Waals surface area (Å²) in [5.74, 6) is 0.0507. The van der Waals surface area contributed by atoms with Gasteiger partial charge in [-0.3, -0.25) is 4.79 Å². The van der Waals surface area contributed by atoms with Gasteiger partial charge in [-0.15, -0.1) is 11.3 Å². The normalized spacial score (nSPS) is 10.7. The van der Waals surface area contributed by atoms with Gasteiger partial charge in [-0.2, -0.15) is 0 Å². The van der Waals surface area contributed by atoms with E-state index in [1.165, 1.54) is 9.75 Å². The van der Waals surface area contributed by atoms with Gasteiger partial charge in [-0.25, -0.2) is 0 Å². The monoisotopic (exact) mass is 226 g/mol. The van der Waals surface area contributed by atoms with Crippen molar-refractivity contribution in [2.24, 2.45) is 0 Å². The van der Waals surface area contributed by atoms with E-state index >= 15 is 0 Å². The average molecular weight is 226 g/mol. The molecule has 0 fully saturated rings. The molecule has 0 bridgehead atoms. The smallest absolute Gasteiger partial charge is 0.234 e. The highest BCUT2D eigenvalue weighted by molar-refractivity contribution is 7.11. The zero-order valence-corrected chi connectivity index (χ0v) is 10.3. The second-order valence-corrected chi connectivity index (χ2v) is 5.20. The summed E-state index contributed by atoms with van der Waals surface area (Å²) in [6, 6.07) is 4.47. The van der Waals surface area contributed by atoms with Crippen LogP contribution in [-0.2, 0) is 11.3 Å². The van der Waals surface area contributed by atoms with Gasteiger partial charge in [-0.05, 0) is 19.1 Å². The molecule has 2 N–H and O–H groups in total. The van der Waals surface area contributed by atoms with E-state index in [9.17, 15) is 4.79 Å². The van der Waals surface area contributed by atoms with Gasteiger partial charge in [0.1, 0.15) is 0 Å². The van der Waals surface area contributed by atoms with E-state index in [0.29, 0.717) is 19.1 Å². The van der Waals surface area contributed by atoms with Crippen molar-refractivity contribution in [1.82, 2.24) is 10.6 Å². The molecule has 0 unspecified atom stereocenters. The van der Waals surface area contributed by atoms with Gasteiger partial charge < -0.3 is 10.6 Å². The minimum Gasteiger partial charge on any atom is -0.350 e. The van der Waals surface area contributed by atoms with Crippen molar-refractivity contribution < 1.29 is 4.79 Å². The minimum atomic E-state index is 0.0507. The van der Waals surface area contributed by atoms with E-state index < -0.39 is 0 Å². The van der Waals surface area contributed by atoms with E-state index in [2.05, 4.69) is 29.7 Å². The summed E-state index contributed by atoms with van der Waals surface area (Å²) in [6.07, 6.45) is 0. The van der Waals surface area contributed by atoms with Crippen molar-refractivity contribution in [2.75, 3.05) is 6.54 Å². The molecule has 0 atom stereocenters.